The van der Waals surface area contributed by atoms with Gasteiger partial charge in [0.1, 0.15) is 5.75 Å². The molecule has 0 saturated heterocycles. The van der Waals surface area contributed by atoms with Crippen LogP contribution in [0.4, 0.5) is 0 Å². The number of aromatic hydroxyl groups is 1. The molecule has 0 heterocycles. The van der Waals surface area contributed by atoms with Crippen molar-refractivity contribution in [3.8, 4) is 5.75 Å². The third kappa shape index (κ3) is 2.46. The average Bonchev–Trinajstić information content (AvgIpc) is 2.10. The van der Waals surface area contributed by atoms with Gasteiger partial charge in [-0.15, -0.1) is 0 Å². The van der Waals surface area contributed by atoms with Gasteiger partial charge in [0, 0.05) is 6.61 Å². The zero-order valence-electron chi connectivity index (χ0n) is 8.17. The molecule has 0 aromatic heterocycles. The van der Waals surface area contributed by atoms with Crippen LogP contribution in [0.2, 0.25) is 0 Å². The van der Waals surface area contributed by atoms with Gasteiger partial charge in [0.05, 0.1) is 0 Å². The van der Waals surface area contributed by atoms with Crippen molar-refractivity contribution in [3.05, 3.63) is 28.8 Å². The Morgan fingerprint density at radius 3 is 2.46 bits per heavy atom. The summed E-state index contributed by atoms with van der Waals surface area (Å²) in [5, 5.41) is 18.2. The van der Waals surface area contributed by atoms with E-state index >= 15 is 0 Å². The maximum Gasteiger partial charge on any atom is 0.119 e. The van der Waals surface area contributed by atoms with Crippen molar-refractivity contribution in [1.29, 1.82) is 0 Å². The number of aliphatic hydroxyl groups excluding tert-OH is 1. The molecule has 1 aromatic carbocycles. The molecule has 72 valence electrons. The van der Waals surface area contributed by atoms with Gasteiger partial charge in [-0.25, -0.2) is 0 Å². The minimum absolute atomic E-state index is 0.202. The minimum atomic E-state index is 0.202. The van der Waals surface area contributed by atoms with Crippen molar-refractivity contribution < 1.29 is 10.2 Å². The lowest BCUT2D eigenvalue weighted by atomic mass is 10.0. The van der Waals surface area contributed by atoms with E-state index in [1.165, 1.54) is 0 Å². The van der Waals surface area contributed by atoms with Gasteiger partial charge in [-0.3, -0.25) is 0 Å². The van der Waals surface area contributed by atoms with E-state index in [0.29, 0.717) is 5.75 Å². The predicted molar refractivity (Wildman–Crippen MR) is 53.0 cm³/mol. The predicted octanol–water partition coefficient (Wildman–Crippen LogP) is 1.93. The molecule has 0 saturated carbocycles. The molecule has 0 aliphatic heterocycles. The van der Waals surface area contributed by atoms with Crippen LogP contribution in [0.25, 0.3) is 0 Å². The van der Waals surface area contributed by atoms with Gasteiger partial charge in [0.15, 0.2) is 0 Å². The first-order valence-corrected chi connectivity index (χ1v) is 4.55. The number of hydrogen-bond acceptors (Lipinski definition) is 2. The van der Waals surface area contributed by atoms with Crippen molar-refractivity contribution in [2.24, 2.45) is 0 Å². The molecule has 0 bridgehead atoms. The average molecular weight is 180 g/mol. The molecule has 0 spiro atoms. The first-order valence-electron chi connectivity index (χ1n) is 4.55. The number of aryl methyl sites for hydroxylation is 2. The number of aliphatic hydroxyl groups is 1. The summed E-state index contributed by atoms with van der Waals surface area (Å²) in [6.45, 7) is 4.09. The summed E-state index contributed by atoms with van der Waals surface area (Å²) in [7, 11) is 0. The van der Waals surface area contributed by atoms with E-state index in [2.05, 4.69) is 6.07 Å². The van der Waals surface area contributed by atoms with Crippen LogP contribution in [0.3, 0.4) is 0 Å². The van der Waals surface area contributed by atoms with Gasteiger partial charge in [-0.1, -0.05) is 6.07 Å². The normalized spacial score (nSPS) is 10.4. The highest BCUT2D eigenvalue weighted by atomic mass is 16.3. The maximum atomic E-state index is 9.52. The van der Waals surface area contributed by atoms with E-state index in [1.54, 1.807) is 6.07 Å². The molecule has 0 atom stereocenters. The van der Waals surface area contributed by atoms with Gasteiger partial charge in [0.2, 0.25) is 0 Å². The lowest BCUT2D eigenvalue weighted by molar-refractivity contribution is 0.288. The molecular formula is C11H16O2. The Labute approximate surface area is 78.8 Å². The Hall–Kier alpha value is -1.02. The Morgan fingerprint density at radius 2 is 1.92 bits per heavy atom. The standard InChI is InChI=1S/C11H16O2/c1-8-6-10(4-3-5-12)7-11(13)9(8)2/h6-7,12-13H,3-5H2,1-2H3. The number of hydrogen-bond donors (Lipinski definition) is 2. The number of phenolic OH excluding ortho intramolecular Hbond substituents is 1. The second-order valence-electron chi connectivity index (χ2n) is 3.38. The van der Waals surface area contributed by atoms with E-state index < -0.39 is 0 Å². The van der Waals surface area contributed by atoms with Crippen molar-refractivity contribution in [3.63, 3.8) is 0 Å². The van der Waals surface area contributed by atoms with E-state index in [1.807, 2.05) is 13.8 Å². The molecule has 0 aliphatic rings. The fraction of sp³-hybridized carbons (Fsp3) is 0.455. The highest BCUT2D eigenvalue weighted by Crippen LogP contribution is 2.22. The lowest BCUT2D eigenvalue weighted by Crippen LogP contribution is -1.92. The van der Waals surface area contributed by atoms with E-state index in [0.717, 1.165) is 29.5 Å². The number of benzene rings is 1. The van der Waals surface area contributed by atoms with Gasteiger partial charge in [-0.2, -0.15) is 0 Å². The lowest BCUT2D eigenvalue weighted by Gasteiger charge is -2.06. The van der Waals surface area contributed by atoms with Crippen molar-refractivity contribution in [2.45, 2.75) is 26.7 Å². The molecule has 0 amide bonds. The van der Waals surface area contributed by atoms with Gasteiger partial charge < -0.3 is 10.2 Å². The van der Waals surface area contributed by atoms with Gasteiger partial charge in [-0.05, 0) is 49.4 Å². The molecule has 0 aliphatic carbocycles. The SMILES string of the molecule is Cc1cc(CCCO)cc(O)c1C. The molecule has 0 unspecified atom stereocenters. The van der Waals surface area contributed by atoms with Gasteiger partial charge >= 0.3 is 0 Å². The molecule has 13 heavy (non-hydrogen) atoms. The van der Waals surface area contributed by atoms with E-state index in [-0.39, 0.29) is 6.61 Å². The van der Waals surface area contributed by atoms with Crippen LogP contribution in [-0.4, -0.2) is 16.8 Å². The Balaban J connectivity index is 2.86. The maximum absolute atomic E-state index is 9.52. The van der Waals surface area contributed by atoms with Crippen LogP contribution in [0.15, 0.2) is 12.1 Å². The largest absolute Gasteiger partial charge is 0.508 e. The molecule has 1 aromatic rings. The van der Waals surface area contributed by atoms with Crippen LogP contribution in [0, 0.1) is 13.8 Å². The summed E-state index contributed by atoms with van der Waals surface area (Å²) in [4.78, 5) is 0. The summed E-state index contributed by atoms with van der Waals surface area (Å²) in [6, 6.07) is 3.84. The molecule has 2 N–H and O–H groups in total. The summed E-state index contributed by atoms with van der Waals surface area (Å²) in [6.07, 6.45) is 1.58. The van der Waals surface area contributed by atoms with E-state index in [4.69, 9.17) is 5.11 Å². The third-order valence-electron chi connectivity index (χ3n) is 2.32. The number of phenols is 1. The summed E-state index contributed by atoms with van der Waals surface area (Å²) < 4.78 is 0. The molecule has 2 heteroatoms. The molecular weight excluding hydrogens is 164 g/mol. The van der Waals surface area contributed by atoms with Crippen LogP contribution in [0.1, 0.15) is 23.1 Å². The molecule has 0 radical (unpaired) electrons. The molecule has 1 rings (SSSR count). The van der Waals surface area contributed by atoms with Crippen molar-refractivity contribution >= 4 is 0 Å². The third-order valence-corrected chi connectivity index (χ3v) is 2.32. The Kier molecular flexibility index (Phi) is 3.32. The van der Waals surface area contributed by atoms with Gasteiger partial charge in [0.25, 0.3) is 0 Å². The Morgan fingerprint density at radius 1 is 1.23 bits per heavy atom. The zero-order chi connectivity index (χ0) is 9.84. The van der Waals surface area contributed by atoms with Crippen LogP contribution in [-0.2, 0) is 6.42 Å². The van der Waals surface area contributed by atoms with Crippen molar-refractivity contribution in [1.82, 2.24) is 0 Å². The highest BCUT2D eigenvalue weighted by Gasteiger charge is 2.02. The smallest absolute Gasteiger partial charge is 0.119 e. The van der Waals surface area contributed by atoms with Crippen LogP contribution in [0.5, 0.6) is 5.75 Å². The second-order valence-corrected chi connectivity index (χ2v) is 3.38. The number of rotatable bonds is 3. The first kappa shape index (κ1) is 10.1. The summed E-state index contributed by atoms with van der Waals surface area (Å²) >= 11 is 0. The first-order chi connectivity index (χ1) is 6.15. The fourth-order valence-electron chi connectivity index (χ4n) is 1.34. The zero-order valence-corrected chi connectivity index (χ0v) is 8.17. The van der Waals surface area contributed by atoms with Crippen molar-refractivity contribution in [2.75, 3.05) is 6.61 Å². The monoisotopic (exact) mass is 180 g/mol. The summed E-state index contributed by atoms with van der Waals surface area (Å²) in [5.41, 5.74) is 3.13. The Bertz CT molecular complexity index is 269. The molecule has 0 fully saturated rings. The van der Waals surface area contributed by atoms with Crippen LogP contribution >= 0.6 is 0 Å². The van der Waals surface area contributed by atoms with E-state index in [9.17, 15) is 5.11 Å². The second kappa shape index (κ2) is 4.28. The minimum Gasteiger partial charge on any atom is -0.508 e. The quantitative estimate of drug-likeness (QED) is 0.746. The highest BCUT2D eigenvalue weighted by molar-refractivity contribution is 5.41. The topological polar surface area (TPSA) is 40.5 Å². The fourth-order valence-corrected chi connectivity index (χ4v) is 1.34. The molecule has 2 nitrogen and oxygen atoms in total. The summed E-state index contributed by atoms with van der Waals surface area (Å²) in [5.74, 6) is 0.355. The van der Waals surface area contributed by atoms with Crippen LogP contribution < -0.4 is 0 Å².